The van der Waals surface area contributed by atoms with Crippen LogP contribution < -0.4 is 5.32 Å². The van der Waals surface area contributed by atoms with Crippen molar-refractivity contribution in [3.8, 4) is 0 Å². The van der Waals surface area contributed by atoms with E-state index in [-0.39, 0.29) is 23.7 Å². The van der Waals surface area contributed by atoms with E-state index < -0.39 is 0 Å². The number of hydrogen-bond donors (Lipinski definition) is 1. The van der Waals surface area contributed by atoms with Crippen LogP contribution in [0, 0.1) is 11.7 Å². The molecule has 1 aromatic carbocycles. The van der Waals surface area contributed by atoms with Crippen LogP contribution in [0.1, 0.15) is 35.8 Å². The second-order valence-corrected chi connectivity index (χ2v) is 4.98. The summed E-state index contributed by atoms with van der Waals surface area (Å²) in [5.41, 5.74) is 1.46. The molecule has 2 rings (SSSR count). The van der Waals surface area contributed by atoms with Gasteiger partial charge in [-0.2, -0.15) is 0 Å². The van der Waals surface area contributed by atoms with Gasteiger partial charge in [0.2, 0.25) is 0 Å². The number of rotatable bonds is 4. The number of halogens is 1. The van der Waals surface area contributed by atoms with Crippen LogP contribution in [-0.4, -0.2) is 10.9 Å². The average molecular weight is 272 g/mol. The monoisotopic (exact) mass is 272 g/mol. The van der Waals surface area contributed by atoms with Gasteiger partial charge in [-0.1, -0.05) is 26.0 Å². The molecule has 1 aromatic heterocycles. The second kappa shape index (κ2) is 6.28. The standard InChI is InChI=1S/C16H17FN2O/c1-11(2)15(12-3-5-14(17)6-4-12)19-16(20)13-7-9-18-10-8-13/h3-11,15H,1-2H3,(H,19,20)/t15-/m0/s1. The van der Waals surface area contributed by atoms with E-state index in [0.717, 1.165) is 5.56 Å². The van der Waals surface area contributed by atoms with Gasteiger partial charge < -0.3 is 5.32 Å². The molecule has 20 heavy (non-hydrogen) atoms. The molecule has 0 radical (unpaired) electrons. The van der Waals surface area contributed by atoms with Crippen LogP contribution in [0.5, 0.6) is 0 Å². The molecule has 104 valence electrons. The Bertz CT molecular complexity index is 567. The molecule has 2 aromatic rings. The average Bonchev–Trinajstić information content (AvgIpc) is 2.46. The van der Waals surface area contributed by atoms with Gasteiger partial charge in [0.05, 0.1) is 6.04 Å². The lowest BCUT2D eigenvalue weighted by molar-refractivity contribution is 0.0925. The topological polar surface area (TPSA) is 42.0 Å². The third-order valence-electron chi connectivity index (χ3n) is 3.12. The van der Waals surface area contributed by atoms with Gasteiger partial charge in [0.1, 0.15) is 5.82 Å². The summed E-state index contributed by atoms with van der Waals surface area (Å²) in [5.74, 6) is -0.238. The normalized spacial score (nSPS) is 12.2. The first-order chi connectivity index (χ1) is 9.58. The van der Waals surface area contributed by atoms with E-state index in [1.807, 2.05) is 13.8 Å². The van der Waals surface area contributed by atoms with Crippen LogP contribution in [0.4, 0.5) is 4.39 Å². The number of nitrogens with zero attached hydrogens (tertiary/aromatic N) is 1. The first-order valence-corrected chi connectivity index (χ1v) is 6.54. The Morgan fingerprint density at radius 2 is 1.70 bits per heavy atom. The summed E-state index contributed by atoms with van der Waals surface area (Å²) in [6, 6.07) is 9.39. The van der Waals surface area contributed by atoms with Crippen LogP contribution in [0.2, 0.25) is 0 Å². The van der Waals surface area contributed by atoms with Crippen molar-refractivity contribution in [2.24, 2.45) is 5.92 Å². The molecule has 1 N–H and O–H groups in total. The van der Waals surface area contributed by atoms with Gasteiger partial charge in [-0.15, -0.1) is 0 Å². The van der Waals surface area contributed by atoms with E-state index in [2.05, 4.69) is 10.3 Å². The maximum atomic E-state index is 13.0. The fourth-order valence-corrected chi connectivity index (χ4v) is 2.03. The van der Waals surface area contributed by atoms with Crippen LogP contribution in [0.3, 0.4) is 0 Å². The highest BCUT2D eigenvalue weighted by atomic mass is 19.1. The van der Waals surface area contributed by atoms with E-state index in [4.69, 9.17) is 0 Å². The SMILES string of the molecule is CC(C)[C@H](NC(=O)c1ccncc1)c1ccc(F)cc1. The molecule has 0 fully saturated rings. The number of benzene rings is 1. The smallest absolute Gasteiger partial charge is 0.251 e. The highest BCUT2D eigenvalue weighted by molar-refractivity contribution is 5.94. The summed E-state index contributed by atoms with van der Waals surface area (Å²) < 4.78 is 13.0. The molecule has 0 saturated heterocycles. The molecule has 0 unspecified atom stereocenters. The predicted molar refractivity (Wildman–Crippen MR) is 75.7 cm³/mol. The second-order valence-electron chi connectivity index (χ2n) is 4.98. The van der Waals surface area contributed by atoms with Gasteiger partial charge in [-0.05, 0) is 35.7 Å². The van der Waals surface area contributed by atoms with Crippen molar-refractivity contribution in [2.75, 3.05) is 0 Å². The molecule has 1 amide bonds. The van der Waals surface area contributed by atoms with Crippen LogP contribution in [0.25, 0.3) is 0 Å². The van der Waals surface area contributed by atoms with E-state index in [1.54, 1.807) is 36.7 Å². The van der Waals surface area contributed by atoms with Crippen molar-refractivity contribution in [3.05, 3.63) is 65.7 Å². The maximum absolute atomic E-state index is 13.0. The summed E-state index contributed by atoms with van der Waals surface area (Å²) in [6.45, 7) is 4.03. The zero-order chi connectivity index (χ0) is 14.5. The quantitative estimate of drug-likeness (QED) is 0.927. The molecule has 0 aliphatic carbocycles. The van der Waals surface area contributed by atoms with Crippen molar-refractivity contribution in [1.29, 1.82) is 0 Å². The van der Waals surface area contributed by atoms with E-state index in [0.29, 0.717) is 5.56 Å². The molecular weight excluding hydrogens is 255 g/mol. The summed E-state index contributed by atoms with van der Waals surface area (Å²) >= 11 is 0. The number of carbonyl (C=O) groups is 1. The maximum Gasteiger partial charge on any atom is 0.251 e. The van der Waals surface area contributed by atoms with Gasteiger partial charge in [0.15, 0.2) is 0 Å². The fraction of sp³-hybridized carbons (Fsp3) is 0.250. The molecule has 0 bridgehead atoms. The first kappa shape index (κ1) is 14.2. The molecule has 4 heteroatoms. The number of amides is 1. The number of pyridine rings is 1. The van der Waals surface area contributed by atoms with Gasteiger partial charge in [0, 0.05) is 18.0 Å². The third kappa shape index (κ3) is 3.41. The minimum absolute atomic E-state index is 0.156. The number of nitrogens with one attached hydrogen (secondary N) is 1. The van der Waals surface area contributed by atoms with E-state index in [9.17, 15) is 9.18 Å². The first-order valence-electron chi connectivity index (χ1n) is 6.54. The summed E-state index contributed by atoms with van der Waals surface area (Å²) in [7, 11) is 0. The molecule has 0 aliphatic rings. The lowest BCUT2D eigenvalue weighted by Crippen LogP contribution is -2.31. The molecule has 0 spiro atoms. The molecule has 0 saturated carbocycles. The van der Waals surface area contributed by atoms with Crippen molar-refractivity contribution in [1.82, 2.24) is 10.3 Å². The third-order valence-corrected chi connectivity index (χ3v) is 3.12. The molecule has 1 heterocycles. The minimum atomic E-state index is -0.281. The van der Waals surface area contributed by atoms with Crippen LogP contribution in [0.15, 0.2) is 48.8 Å². The fourth-order valence-electron chi connectivity index (χ4n) is 2.03. The summed E-state index contributed by atoms with van der Waals surface area (Å²) in [6.07, 6.45) is 3.16. The van der Waals surface area contributed by atoms with Gasteiger partial charge in [0.25, 0.3) is 5.91 Å². The van der Waals surface area contributed by atoms with E-state index >= 15 is 0 Å². The number of carbonyl (C=O) groups excluding carboxylic acids is 1. The predicted octanol–water partition coefficient (Wildman–Crippen LogP) is 3.35. The molecule has 3 nitrogen and oxygen atoms in total. The highest BCUT2D eigenvalue weighted by Crippen LogP contribution is 2.22. The molecule has 1 atom stereocenters. The Hall–Kier alpha value is -2.23. The van der Waals surface area contributed by atoms with Gasteiger partial charge >= 0.3 is 0 Å². The minimum Gasteiger partial charge on any atom is -0.345 e. The van der Waals surface area contributed by atoms with Gasteiger partial charge in [-0.3, -0.25) is 9.78 Å². The Kier molecular flexibility index (Phi) is 4.45. The van der Waals surface area contributed by atoms with Gasteiger partial charge in [-0.25, -0.2) is 4.39 Å². The zero-order valence-corrected chi connectivity index (χ0v) is 11.5. The largest absolute Gasteiger partial charge is 0.345 e. The number of hydrogen-bond acceptors (Lipinski definition) is 2. The zero-order valence-electron chi connectivity index (χ0n) is 11.5. The lowest BCUT2D eigenvalue weighted by atomic mass is 9.95. The Morgan fingerprint density at radius 3 is 2.25 bits per heavy atom. The van der Waals surface area contributed by atoms with Crippen molar-refractivity contribution < 1.29 is 9.18 Å². The number of aromatic nitrogens is 1. The summed E-state index contributed by atoms with van der Waals surface area (Å²) in [5, 5.41) is 2.98. The van der Waals surface area contributed by atoms with Crippen LogP contribution >= 0.6 is 0 Å². The summed E-state index contributed by atoms with van der Waals surface area (Å²) in [4.78, 5) is 16.1. The lowest BCUT2D eigenvalue weighted by Gasteiger charge is -2.23. The highest BCUT2D eigenvalue weighted by Gasteiger charge is 2.19. The Labute approximate surface area is 117 Å². The Morgan fingerprint density at radius 1 is 1.10 bits per heavy atom. The van der Waals surface area contributed by atoms with Crippen molar-refractivity contribution >= 4 is 5.91 Å². The van der Waals surface area contributed by atoms with Crippen LogP contribution in [-0.2, 0) is 0 Å². The Balaban J connectivity index is 2.18. The van der Waals surface area contributed by atoms with E-state index in [1.165, 1.54) is 12.1 Å². The molecular formula is C16H17FN2O. The molecule has 0 aliphatic heterocycles. The van der Waals surface area contributed by atoms with Crippen molar-refractivity contribution in [2.45, 2.75) is 19.9 Å². The van der Waals surface area contributed by atoms with Crippen molar-refractivity contribution in [3.63, 3.8) is 0 Å².